The Morgan fingerprint density at radius 3 is 1.41 bits per heavy atom. The third kappa shape index (κ3) is 10.3. The minimum Gasteiger partial charge on any atom is -0.481 e. The fraction of sp³-hybridized carbons (Fsp3) is 0.579. The predicted octanol–water partition coefficient (Wildman–Crippen LogP) is 5.80. The van der Waals surface area contributed by atoms with Gasteiger partial charge in [0.1, 0.15) is 12.2 Å². The monoisotopic (exact) mass is 698 g/mol. The Morgan fingerprint density at radius 2 is 1.06 bits per heavy atom. The summed E-state index contributed by atoms with van der Waals surface area (Å²) < 4.78 is 11.6. The first kappa shape index (κ1) is 38.4. The molecule has 268 valence electrons. The van der Waals surface area contributed by atoms with Crippen LogP contribution in [0.3, 0.4) is 0 Å². The molecular formula is C38H50O10S. The number of esters is 2. The van der Waals surface area contributed by atoms with E-state index >= 15 is 0 Å². The number of carbonyl (C=O) groups is 4. The Hall–Kier alpha value is -3.41. The maximum Gasteiger partial charge on any atom is 0.309 e. The van der Waals surface area contributed by atoms with Crippen LogP contribution in [0, 0.1) is 0 Å². The van der Waals surface area contributed by atoms with Gasteiger partial charge in [-0.2, -0.15) is 11.8 Å². The van der Waals surface area contributed by atoms with Crippen LogP contribution in [0.1, 0.15) is 102 Å². The van der Waals surface area contributed by atoms with Crippen molar-refractivity contribution in [3.8, 4) is 0 Å². The van der Waals surface area contributed by atoms with Crippen LogP contribution in [-0.4, -0.2) is 79.2 Å². The van der Waals surface area contributed by atoms with Crippen molar-refractivity contribution in [2.45, 2.75) is 125 Å². The summed E-state index contributed by atoms with van der Waals surface area (Å²) in [6, 6.07) is 19.5. The van der Waals surface area contributed by atoms with Gasteiger partial charge in [0, 0.05) is 23.7 Å². The van der Waals surface area contributed by atoms with Crippen LogP contribution in [0.2, 0.25) is 0 Å². The second-order valence-corrected chi connectivity index (χ2v) is 15.6. The number of thioether (sulfide) groups is 1. The van der Waals surface area contributed by atoms with Crippen molar-refractivity contribution in [2.24, 2.45) is 0 Å². The molecule has 2 fully saturated rings. The van der Waals surface area contributed by atoms with Crippen molar-refractivity contribution in [1.82, 2.24) is 0 Å². The largest absolute Gasteiger partial charge is 0.481 e. The lowest BCUT2D eigenvalue weighted by atomic mass is 9.69. The smallest absolute Gasteiger partial charge is 0.309 e. The van der Waals surface area contributed by atoms with Crippen LogP contribution in [0.4, 0.5) is 0 Å². The fourth-order valence-electron chi connectivity index (χ4n) is 7.51. The van der Waals surface area contributed by atoms with Gasteiger partial charge in [0.2, 0.25) is 0 Å². The molecule has 2 aliphatic rings. The van der Waals surface area contributed by atoms with Crippen LogP contribution in [-0.2, 0) is 39.5 Å². The van der Waals surface area contributed by atoms with E-state index in [1.165, 1.54) is 0 Å². The first-order valence-corrected chi connectivity index (χ1v) is 18.3. The number of aliphatic carboxylic acids is 2. The molecule has 0 amide bonds. The van der Waals surface area contributed by atoms with E-state index in [4.69, 9.17) is 9.47 Å². The molecule has 2 aromatic rings. The van der Waals surface area contributed by atoms with Crippen molar-refractivity contribution < 1.29 is 49.1 Å². The Bertz CT molecular complexity index is 1320. The number of benzene rings is 2. The number of hydrogen-bond acceptors (Lipinski definition) is 9. The molecule has 0 aromatic heterocycles. The molecule has 6 atom stereocenters. The number of cyclic esters (lactones) is 2. The zero-order valence-corrected chi connectivity index (χ0v) is 29.3. The fourth-order valence-corrected chi connectivity index (χ4v) is 8.53. The van der Waals surface area contributed by atoms with Gasteiger partial charge in [-0.3, -0.25) is 19.2 Å². The quantitative estimate of drug-likeness (QED) is 0.110. The number of aliphatic hydroxyl groups is 2. The molecule has 49 heavy (non-hydrogen) atoms. The number of hydrogen-bond donors (Lipinski definition) is 4. The highest BCUT2D eigenvalue weighted by Gasteiger charge is 2.50. The minimum atomic E-state index is -1.65. The number of carbonyl (C=O) groups excluding carboxylic acids is 2. The Labute approximate surface area is 292 Å². The van der Waals surface area contributed by atoms with E-state index in [1.54, 1.807) is 0 Å². The highest BCUT2D eigenvalue weighted by molar-refractivity contribution is 7.99. The molecule has 2 aliphatic heterocycles. The first-order valence-electron chi connectivity index (χ1n) is 17.1. The van der Waals surface area contributed by atoms with Gasteiger partial charge >= 0.3 is 23.9 Å². The van der Waals surface area contributed by atoms with E-state index in [0.29, 0.717) is 12.8 Å². The molecule has 0 saturated carbocycles. The molecule has 0 spiro atoms. The summed E-state index contributed by atoms with van der Waals surface area (Å²) in [5.74, 6) is -1.62. The average molecular weight is 699 g/mol. The summed E-state index contributed by atoms with van der Waals surface area (Å²) in [5, 5.41) is 40.7. The molecule has 10 nitrogen and oxygen atoms in total. The molecule has 2 saturated heterocycles. The zero-order chi connectivity index (χ0) is 35.7. The van der Waals surface area contributed by atoms with Crippen molar-refractivity contribution in [2.75, 3.05) is 11.5 Å². The molecule has 0 aliphatic carbocycles. The number of unbranched alkanes of at least 4 members (excludes halogenated alkanes) is 2. The molecular weight excluding hydrogens is 648 g/mol. The first-order chi connectivity index (χ1) is 23.2. The molecule has 0 bridgehead atoms. The highest BCUT2D eigenvalue weighted by atomic mass is 32.2. The SMILES string of the molecule is CC(CCCCSCCCCC(C)(c1ccccc1)C1CC(O)(CC(=O)O)CC(=O)O1)(c1ccccc1)C1CC(O)(CC(=O)O)CC(=O)O1. The van der Waals surface area contributed by atoms with Gasteiger partial charge in [-0.1, -0.05) is 87.4 Å². The van der Waals surface area contributed by atoms with E-state index < -0.39 is 71.0 Å². The Morgan fingerprint density at radius 1 is 0.694 bits per heavy atom. The topological polar surface area (TPSA) is 168 Å². The molecule has 4 N–H and O–H groups in total. The molecule has 6 unspecified atom stereocenters. The third-order valence-electron chi connectivity index (χ3n) is 10.3. The second kappa shape index (κ2) is 16.5. The van der Waals surface area contributed by atoms with Crippen LogP contribution in [0.5, 0.6) is 0 Å². The molecule has 0 radical (unpaired) electrons. The summed E-state index contributed by atoms with van der Waals surface area (Å²) in [5.41, 5.74) is -2.54. The van der Waals surface area contributed by atoms with Gasteiger partial charge in [0.15, 0.2) is 0 Å². The summed E-state index contributed by atoms with van der Waals surface area (Å²) in [6.45, 7) is 4.05. The second-order valence-electron chi connectivity index (χ2n) is 14.4. The Kier molecular flexibility index (Phi) is 13.0. The maximum absolute atomic E-state index is 12.5. The van der Waals surface area contributed by atoms with E-state index in [0.717, 1.165) is 48.3 Å². The van der Waals surface area contributed by atoms with E-state index in [9.17, 15) is 39.6 Å². The van der Waals surface area contributed by atoms with Gasteiger partial charge in [-0.05, 0) is 48.3 Å². The lowest BCUT2D eigenvalue weighted by Crippen LogP contribution is -2.52. The van der Waals surface area contributed by atoms with Gasteiger partial charge in [0.25, 0.3) is 0 Å². The number of carboxylic acid groups (broad SMARTS) is 2. The van der Waals surface area contributed by atoms with E-state index in [1.807, 2.05) is 86.3 Å². The van der Waals surface area contributed by atoms with Gasteiger partial charge in [-0.25, -0.2) is 0 Å². The number of rotatable bonds is 18. The van der Waals surface area contributed by atoms with Crippen molar-refractivity contribution in [1.29, 1.82) is 0 Å². The lowest BCUT2D eigenvalue weighted by molar-refractivity contribution is -0.181. The lowest BCUT2D eigenvalue weighted by Gasteiger charge is -2.44. The van der Waals surface area contributed by atoms with E-state index in [2.05, 4.69) is 0 Å². The van der Waals surface area contributed by atoms with E-state index in [-0.39, 0.29) is 25.7 Å². The molecule has 2 aromatic carbocycles. The summed E-state index contributed by atoms with van der Waals surface area (Å²) in [4.78, 5) is 47.9. The van der Waals surface area contributed by atoms with Crippen LogP contribution >= 0.6 is 11.8 Å². The Balaban J connectivity index is 1.30. The highest BCUT2D eigenvalue weighted by Crippen LogP contribution is 2.44. The number of carboxylic acids is 2. The van der Waals surface area contributed by atoms with Gasteiger partial charge < -0.3 is 29.9 Å². The van der Waals surface area contributed by atoms with Gasteiger partial charge in [-0.15, -0.1) is 0 Å². The third-order valence-corrected chi connectivity index (χ3v) is 11.5. The standard InChI is InChI=1S/C38H50O10S/c1-35(27-13-5-3-6-14-27,29-21-37(45,23-31(39)40)25-33(43)47-29)17-9-11-19-49-20-12-10-18-36(2,28-15-7-4-8-16-28)30-22-38(46,24-32(41)42)26-34(44)48-30/h3-8,13-16,29-30,45-46H,9-12,17-26H2,1-2H3,(H,39,40)(H,41,42). The molecule has 2 heterocycles. The van der Waals surface area contributed by atoms with Crippen LogP contribution < -0.4 is 0 Å². The van der Waals surface area contributed by atoms with Gasteiger partial charge in [0.05, 0.1) is 36.9 Å². The summed E-state index contributed by atoms with van der Waals surface area (Å²) in [6.07, 6.45) is 2.07. The molecule has 4 rings (SSSR count). The summed E-state index contributed by atoms with van der Waals surface area (Å²) in [7, 11) is 0. The maximum atomic E-state index is 12.5. The van der Waals surface area contributed by atoms with Crippen molar-refractivity contribution in [3.05, 3.63) is 71.8 Å². The van der Waals surface area contributed by atoms with Crippen molar-refractivity contribution >= 4 is 35.6 Å². The normalized spacial score (nSPS) is 26.5. The molecule has 11 heteroatoms. The van der Waals surface area contributed by atoms with Crippen LogP contribution in [0.25, 0.3) is 0 Å². The van der Waals surface area contributed by atoms with Crippen LogP contribution in [0.15, 0.2) is 60.7 Å². The van der Waals surface area contributed by atoms with Crippen molar-refractivity contribution in [3.63, 3.8) is 0 Å². The predicted molar refractivity (Wildman–Crippen MR) is 185 cm³/mol. The average Bonchev–Trinajstić information content (AvgIpc) is 3.02. The minimum absolute atomic E-state index is 0.0615. The zero-order valence-electron chi connectivity index (χ0n) is 28.5. The summed E-state index contributed by atoms with van der Waals surface area (Å²) >= 11 is 1.85. The number of ether oxygens (including phenoxy) is 2.